The number of benzene rings is 1. The van der Waals surface area contributed by atoms with Crippen LogP contribution < -0.4 is 9.47 Å². The van der Waals surface area contributed by atoms with Crippen molar-refractivity contribution in [1.82, 2.24) is 15.1 Å². The minimum Gasteiger partial charge on any atom is -0.454 e. The van der Waals surface area contributed by atoms with Gasteiger partial charge >= 0.3 is 0 Å². The highest BCUT2D eigenvalue weighted by Crippen LogP contribution is 2.35. The summed E-state index contributed by atoms with van der Waals surface area (Å²) in [6.45, 7) is 0.977. The van der Waals surface area contributed by atoms with Gasteiger partial charge in [0.1, 0.15) is 0 Å². The van der Waals surface area contributed by atoms with Crippen LogP contribution in [-0.2, 0) is 0 Å². The van der Waals surface area contributed by atoms with Crippen molar-refractivity contribution in [3.63, 3.8) is 0 Å². The van der Waals surface area contributed by atoms with Crippen molar-refractivity contribution in [2.45, 2.75) is 25.3 Å². The number of nitrogens with one attached hydrogen (secondary N) is 1. The van der Waals surface area contributed by atoms with Gasteiger partial charge in [0.25, 0.3) is 5.91 Å². The first kappa shape index (κ1) is 13.2. The van der Waals surface area contributed by atoms with E-state index in [1.165, 1.54) is 0 Å². The van der Waals surface area contributed by atoms with Crippen molar-refractivity contribution in [2.24, 2.45) is 0 Å². The molecule has 4 rings (SSSR count). The van der Waals surface area contributed by atoms with Gasteiger partial charge in [0, 0.05) is 18.3 Å². The van der Waals surface area contributed by atoms with Gasteiger partial charge in [0.05, 0.1) is 11.7 Å². The summed E-state index contributed by atoms with van der Waals surface area (Å²) in [4.78, 5) is 14.8. The summed E-state index contributed by atoms with van der Waals surface area (Å²) in [5.41, 5.74) is 1.63. The molecule has 1 atom stereocenters. The molecule has 1 aromatic carbocycles. The number of carbonyl (C=O) groups excluding carboxylic acids is 1. The molecule has 0 saturated carbocycles. The number of H-pyrrole nitrogens is 1. The molecule has 22 heavy (non-hydrogen) atoms. The highest BCUT2D eigenvalue weighted by molar-refractivity contribution is 5.95. The smallest absolute Gasteiger partial charge is 0.254 e. The molecule has 0 radical (unpaired) electrons. The molecule has 114 valence electrons. The van der Waals surface area contributed by atoms with Gasteiger partial charge in [-0.1, -0.05) is 0 Å². The van der Waals surface area contributed by atoms with E-state index < -0.39 is 0 Å². The second kappa shape index (κ2) is 5.36. The summed E-state index contributed by atoms with van der Waals surface area (Å²) in [7, 11) is 0. The van der Waals surface area contributed by atoms with Crippen molar-refractivity contribution < 1.29 is 14.3 Å². The van der Waals surface area contributed by atoms with Gasteiger partial charge in [-0.3, -0.25) is 9.89 Å². The van der Waals surface area contributed by atoms with Crippen LogP contribution in [0, 0.1) is 0 Å². The Morgan fingerprint density at radius 3 is 3.00 bits per heavy atom. The highest BCUT2D eigenvalue weighted by Gasteiger charge is 2.30. The Labute approximate surface area is 128 Å². The van der Waals surface area contributed by atoms with Crippen molar-refractivity contribution in [3.05, 3.63) is 41.7 Å². The first-order valence-corrected chi connectivity index (χ1v) is 7.53. The van der Waals surface area contributed by atoms with Crippen LogP contribution in [0.4, 0.5) is 0 Å². The Morgan fingerprint density at radius 1 is 1.23 bits per heavy atom. The SMILES string of the molecule is O=C(c1ccc2c(c1)OCO2)N1CCCC[C@H]1c1ccn[nH]1. The second-order valence-electron chi connectivity index (χ2n) is 5.59. The number of hydrogen-bond donors (Lipinski definition) is 1. The first-order chi connectivity index (χ1) is 10.8. The molecular formula is C16H17N3O3. The molecule has 6 nitrogen and oxygen atoms in total. The van der Waals surface area contributed by atoms with Crippen LogP contribution in [-0.4, -0.2) is 34.3 Å². The van der Waals surface area contributed by atoms with E-state index in [4.69, 9.17) is 9.47 Å². The lowest BCUT2D eigenvalue weighted by Gasteiger charge is -2.35. The van der Waals surface area contributed by atoms with E-state index >= 15 is 0 Å². The Kier molecular flexibility index (Phi) is 3.21. The fourth-order valence-electron chi connectivity index (χ4n) is 3.15. The van der Waals surface area contributed by atoms with Gasteiger partial charge in [-0.15, -0.1) is 0 Å². The molecule has 0 unspecified atom stereocenters. The van der Waals surface area contributed by atoms with Gasteiger partial charge in [-0.05, 0) is 43.5 Å². The fraction of sp³-hybridized carbons (Fsp3) is 0.375. The number of aromatic amines is 1. The predicted molar refractivity (Wildman–Crippen MR) is 78.8 cm³/mol. The quantitative estimate of drug-likeness (QED) is 0.925. The van der Waals surface area contributed by atoms with Gasteiger partial charge in [-0.25, -0.2) is 0 Å². The average Bonchev–Trinajstić information content (AvgIpc) is 3.24. The molecule has 3 heterocycles. The zero-order valence-electron chi connectivity index (χ0n) is 12.1. The molecule has 1 amide bonds. The summed E-state index contributed by atoms with van der Waals surface area (Å²) in [6.07, 6.45) is 4.83. The summed E-state index contributed by atoms with van der Waals surface area (Å²) in [5, 5.41) is 7.01. The molecule has 0 aliphatic carbocycles. The first-order valence-electron chi connectivity index (χ1n) is 7.53. The van der Waals surface area contributed by atoms with E-state index in [1.807, 2.05) is 11.0 Å². The fourth-order valence-corrected chi connectivity index (χ4v) is 3.15. The van der Waals surface area contributed by atoms with Crippen molar-refractivity contribution in [2.75, 3.05) is 13.3 Å². The Morgan fingerprint density at radius 2 is 2.14 bits per heavy atom. The number of piperidine rings is 1. The van der Waals surface area contributed by atoms with Crippen molar-refractivity contribution in [3.8, 4) is 11.5 Å². The average molecular weight is 299 g/mol. The van der Waals surface area contributed by atoms with Crippen LogP contribution in [0.25, 0.3) is 0 Å². The van der Waals surface area contributed by atoms with Gasteiger partial charge in [0.2, 0.25) is 6.79 Å². The number of hydrogen-bond acceptors (Lipinski definition) is 4. The van der Waals surface area contributed by atoms with Crippen molar-refractivity contribution in [1.29, 1.82) is 0 Å². The molecule has 1 saturated heterocycles. The monoisotopic (exact) mass is 299 g/mol. The molecule has 2 aliphatic rings. The van der Waals surface area contributed by atoms with Crippen molar-refractivity contribution >= 4 is 5.91 Å². The third-order valence-corrected chi connectivity index (χ3v) is 4.26. The van der Waals surface area contributed by atoms with Crippen LogP contribution in [0.2, 0.25) is 0 Å². The number of amides is 1. The standard InChI is InChI=1S/C16H17N3O3/c20-16(11-4-5-14-15(9-11)22-10-21-14)19-8-2-1-3-13(19)12-6-7-17-18-12/h4-7,9,13H,1-3,8,10H2,(H,17,18)/t13-/m0/s1. The summed E-state index contributed by atoms with van der Waals surface area (Å²) in [5.74, 6) is 1.36. The summed E-state index contributed by atoms with van der Waals surface area (Å²) >= 11 is 0. The summed E-state index contributed by atoms with van der Waals surface area (Å²) in [6, 6.07) is 7.37. The van der Waals surface area contributed by atoms with Gasteiger partial charge in [0.15, 0.2) is 11.5 Å². The molecule has 6 heteroatoms. The normalized spacial score (nSPS) is 20.2. The lowest BCUT2D eigenvalue weighted by Crippen LogP contribution is -2.38. The van der Waals surface area contributed by atoms with E-state index in [0.29, 0.717) is 17.1 Å². The maximum atomic E-state index is 12.9. The molecule has 1 N–H and O–H groups in total. The number of nitrogens with zero attached hydrogens (tertiary/aromatic N) is 2. The molecule has 0 bridgehead atoms. The topological polar surface area (TPSA) is 67.5 Å². The van der Waals surface area contributed by atoms with Crippen LogP contribution in [0.3, 0.4) is 0 Å². The number of rotatable bonds is 2. The second-order valence-corrected chi connectivity index (χ2v) is 5.59. The minimum absolute atomic E-state index is 0.0256. The number of fused-ring (bicyclic) bond motifs is 1. The largest absolute Gasteiger partial charge is 0.454 e. The third-order valence-electron chi connectivity index (χ3n) is 4.26. The van der Waals surface area contributed by atoms with Crippen LogP contribution >= 0.6 is 0 Å². The Bertz CT molecular complexity index is 684. The highest BCUT2D eigenvalue weighted by atomic mass is 16.7. The lowest BCUT2D eigenvalue weighted by molar-refractivity contribution is 0.0605. The lowest BCUT2D eigenvalue weighted by atomic mass is 9.98. The van der Waals surface area contributed by atoms with Gasteiger partial charge < -0.3 is 14.4 Å². The van der Waals surface area contributed by atoms with Crippen LogP contribution in [0.15, 0.2) is 30.5 Å². The number of ether oxygens (including phenoxy) is 2. The zero-order chi connectivity index (χ0) is 14.9. The maximum absolute atomic E-state index is 12.9. The predicted octanol–water partition coefficient (Wildman–Crippen LogP) is 2.51. The molecule has 1 fully saturated rings. The maximum Gasteiger partial charge on any atom is 0.254 e. The van der Waals surface area contributed by atoms with E-state index in [-0.39, 0.29) is 18.7 Å². The molecular weight excluding hydrogens is 282 g/mol. The number of aromatic nitrogens is 2. The molecule has 1 aromatic heterocycles. The van der Waals surface area contributed by atoms with E-state index in [9.17, 15) is 4.79 Å². The zero-order valence-corrected chi connectivity index (χ0v) is 12.1. The molecule has 2 aromatic rings. The summed E-state index contributed by atoms with van der Waals surface area (Å²) < 4.78 is 10.7. The van der Waals surface area contributed by atoms with Crippen LogP contribution in [0.5, 0.6) is 11.5 Å². The Hall–Kier alpha value is -2.50. The minimum atomic E-state index is 0.0256. The molecule has 0 spiro atoms. The number of carbonyl (C=O) groups is 1. The van der Waals surface area contributed by atoms with E-state index in [2.05, 4.69) is 10.2 Å². The number of likely N-dealkylation sites (tertiary alicyclic amines) is 1. The van der Waals surface area contributed by atoms with E-state index in [0.717, 1.165) is 31.5 Å². The van der Waals surface area contributed by atoms with E-state index in [1.54, 1.807) is 24.4 Å². The Balaban J connectivity index is 1.62. The van der Waals surface area contributed by atoms with Crippen LogP contribution in [0.1, 0.15) is 41.4 Å². The third kappa shape index (κ3) is 2.20. The van der Waals surface area contributed by atoms with Gasteiger partial charge in [-0.2, -0.15) is 5.10 Å². The molecule has 2 aliphatic heterocycles.